The SMILES string of the molecule is C[C@@H](CC=O)CCO[Si](c1ccccc1)(c1ccccc1)C(C)(C)C. The molecular formula is C22H30O2Si. The van der Waals surface area contributed by atoms with E-state index in [0.29, 0.717) is 18.9 Å². The van der Waals surface area contributed by atoms with E-state index in [1.54, 1.807) is 0 Å². The molecule has 0 heterocycles. The zero-order chi connectivity index (χ0) is 18.3. The highest BCUT2D eigenvalue weighted by atomic mass is 28.4. The van der Waals surface area contributed by atoms with Crippen molar-refractivity contribution in [2.24, 2.45) is 5.92 Å². The molecule has 0 amide bonds. The Balaban J connectivity index is 2.44. The van der Waals surface area contributed by atoms with Crippen molar-refractivity contribution < 1.29 is 9.22 Å². The zero-order valence-corrected chi connectivity index (χ0v) is 16.9. The molecule has 0 saturated carbocycles. The first-order valence-electron chi connectivity index (χ1n) is 9.10. The molecule has 0 spiro atoms. The summed E-state index contributed by atoms with van der Waals surface area (Å²) < 4.78 is 6.81. The second-order valence-corrected chi connectivity index (χ2v) is 12.1. The fourth-order valence-electron chi connectivity index (χ4n) is 3.46. The van der Waals surface area contributed by atoms with Crippen LogP contribution >= 0.6 is 0 Å². The predicted molar refractivity (Wildman–Crippen MR) is 108 cm³/mol. The van der Waals surface area contributed by atoms with Gasteiger partial charge in [-0.05, 0) is 27.8 Å². The molecule has 0 saturated heterocycles. The van der Waals surface area contributed by atoms with Crippen molar-refractivity contribution in [1.82, 2.24) is 0 Å². The topological polar surface area (TPSA) is 26.3 Å². The quantitative estimate of drug-likeness (QED) is 0.525. The molecule has 2 nitrogen and oxygen atoms in total. The third kappa shape index (κ3) is 4.47. The van der Waals surface area contributed by atoms with Crippen LogP contribution in [0.15, 0.2) is 60.7 Å². The number of hydrogen-bond donors (Lipinski definition) is 0. The minimum absolute atomic E-state index is 0.00358. The maximum Gasteiger partial charge on any atom is 0.261 e. The second-order valence-electron chi connectivity index (χ2n) is 7.81. The molecule has 0 unspecified atom stereocenters. The monoisotopic (exact) mass is 354 g/mol. The van der Waals surface area contributed by atoms with Gasteiger partial charge in [-0.25, -0.2) is 0 Å². The second kappa shape index (κ2) is 8.59. The van der Waals surface area contributed by atoms with Crippen molar-refractivity contribution in [3.05, 3.63) is 60.7 Å². The van der Waals surface area contributed by atoms with Crippen LogP contribution in [-0.2, 0) is 9.22 Å². The molecule has 0 aliphatic rings. The van der Waals surface area contributed by atoms with Gasteiger partial charge < -0.3 is 9.22 Å². The van der Waals surface area contributed by atoms with Gasteiger partial charge in [-0.15, -0.1) is 0 Å². The number of rotatable bonds is 8. The normalized spacial score (nSPS) is 13.4. The molecule has 1 atom stereocenters. The Morgan fingerprint density at radius 1 is 0.960 bits per heavy atom. The molecule has 3 heteroatoms. The van der Waals surface area contributed by atoms with Crippen LogP contribution in [0, 0.1) is 5.92 Å². The average molecular weight is 355 g/mol. The summed E-state index contributed by atoms with van der Waals surface area (Å²) in [5.74, 6) is 0.357. The lowest BCUT2D eigenvalue weighted by Gasteiger charge is -2.43. The molecule has 2 aromatic carbocycles. The van der Waals surface area contributed by atoms with Gasteiger partial charge in [0.15, 0.2) is 0 Å². The van der Waals surface area contributed by atoms with Gasteiger partial charge in [0, 0.05) is 13.0 Å². The molecule has 0 radical (unpaired) electrons. The number of carbonyl (C=O) groups excluding carboxylic acids is 1. The Morgan fingerprint density at radius 3 is 1.84 bits per heavy atom. The van der Waals surface area contributed by atoms with E-state index in [0.717, 1.165) is 12.7 Å². The van der Waals surface area contributed by atoms with Crippen LogP contribution in [0.2, 0.25) is 5.04 Å². The summed E-state index contributed by atoms with van der Waals surface area (Å²) in [7, 11) is -2.43. The van der Waals surface area contributed by atoms with Crippen LogP contribution in [0.5, 0.6) is 0 Å². The van der Waals surface area contributed by atoms with Gasteiger partial charge in [-0.2, -0.15) is 0 Å². The highest BCUT2D eigenvalue weighted by Crippen LogP contribution is 2.36. The largest absolute Gasteiger partial charge is 0.407 e. The zero-order valence-electron chi connectivity index (χ0n) is 15.9. The minimum Gasteiger partial charge on any atom is -0.407 e. The van der Waals surface area contributed by atoms with Gasteiger partial charge in [0.25, 0.3) is 8.32 Å². The Hall–Kier alpha value is -1.71. The van der Waals surface area contributed by atoms with Crippen LogP contribution in [0.25, 0.3) is 0 Å². The van der Waals surface area contributed by atoms with Gasteiger partial charge in [-0.1, -0.05) is 88.4 Å². The fourth-order valence-corrected chi connectivity index (χ4v) is 8.04. The van der Waals surface area contributed by atoms with Gasteiger partial charge in [-0.3, -0.25) is 0 Å². The summed E-state index contributed by atoms with van der Waals surface area (Å²) in [6.07, 6.45) is 2.51. The van der Waals surface area contributed by atoms with E-state index in [9.17, 15) is 4.79 Å². The Kier molecular flexibility index (Phi) is 6.74. The first kappa shape index (κ1) is 19.6. The molecule has 0 aliphatic carbocycles. The summed E-state index contributed by atoms with van der Waals surface area (Å²) in [6.45, 7) is 9.65. The maximum absolute atomic E-state index is 10.7. The smallest absolute Gasteiger partial charge is 0.261 e. The summed E-state index contributed by atoms with van der Waals surface area (Å²) in [6, 6.07) is 21.4. The average Bonchev–Trinajstić information content (AvgIpc) is 2.59. The summed E-state index contributed by atoms with van der Waals surface area (Å²) >= 11 is 0. The molecule has 2 aromatic rings. The van der Waals surface area contributed by atoms with Gasteiger partial charge in [0.05, 0.1) is 0 Å². The molecule has 0 bridgehead atoms. The highest BCUT2D eigenvalue weighted by Gasteiger charge is 2.49. The number of aldehydes is 1. The van der Waals surface area contributed by atoms with Crippen molar-refractivity contribution in [2.75, 3.05) is 6.61 Å². The van der Waals surface area contributed by atoms with E-state index in [-0.39, 0.29) is 5.04 Å². The Labute approximate surface area is 153 Å². The molecule has 0 aromatic heterocycles. The van der Waals surface area contributed by atoms with Crippen molar-refractivity contribution >= 4 is 25.0 Å². The van der Waals surface area contributed by atoms with E-state index in [2.05, 4.69) is 88.4 Å². The first-order valence-corrected chi connectivity index (χ1v) is 11.0. The Morgan fingerprint density at radius 2 is 1.44 bits per heavy atom. The third-order valence-electron chi connectivity index (χ3n) is 4.84. The lowest BCUT2D eigenvalue weighted by Crippen LogP contribution is -2.66. The first-order chi connectivity index (χ1) is 11.9. The summed E-state index contributed by atoms with van der Waals surface area (Å²) in [5, 5.41) is 2.61. The fraction of sp³-hybridized carbons (Fsp3) is 0.409. The lowest BCUT2D eigenvalue weighted by atomic mass is 10.1. The van der Waals surface area contributed by atoms with Crippen LogP contribution in [0.1, 0.15) is 40.5 Å². The van der Waals surface area contributed by atoms with Crippen molar-refractivity contribution in [3.8, 4) is 0 Å². The van der Waals surface area contributed by atoms with E-state index in [4.69, 9.17) is 4.43 Å². The molecular weight excluding hydrogens is 324 g/mol. The van der Waals surface area contributed by atoms with Crippen LogP contribution in [0.3, 0.4) is 0 Å². The minimum atomic E-state index is -2.43. The summed E-state index contributed by atoms with van der Waals surface area (Å²) in [4.78, 5) is 10.7. The predicted octanol–water partition coefficient (Wildman–Crippen LogP) is 4.18. The number of benzene rings is 2. The van der Waals surface area contributed by atoms with Gasteiger partial charge in [0.2, 0.25) is 0 Å². The lowest BCUT2D eigenvalue weighted by molar-refractivity contribution is -0.108. The van der Waals surface area contributed by atoms with Gasteiger partial charge in [0.1, 0.15) is 6.29 Å². The van der Waals surface area contributed by atoms with Crippen LogP contribution in [0.4, 0.5) is 0 Å². The van der Waals surface area contributed by atoms with E-state index >= 15 is 0 Å². The van der Waals surface area contributed by atoms with E-state index in [1.807, 2.05) is 0 Å². The van der Waals surface area contributed by atoms with Crippen LogP contribution in [-0.4, -0.2) is 21.2 Å². The molecule has 2 rings (SSSR count). The third-order valence-corrected chi connectivity index (χ3v) is 9.89. The van der Waals surface area contributed by atoms with Crippen molar-refractivity contribution in [3.63, 3.8) is 0 Å². The molecule has 134 valence electrons. The van der Waals surface area contributed by atoms with Gasteiger partial charge >= 0.3 is 0 Å². The van der Waals surface area contributed by atoms with Crippen molar-refractivity contribution in [2.45, 2.75) is 45.6 Å². The maximum atomic E-state index is 10.7. The van der Waals surface area contributed by atoms with Crippen molar-refractivity contribution in [1.29, 1.82) is 0 Å². The van der Waals surface area contributed by atoms with Crippen LogP contribution < -0.4 is 10.4 Å². The van der Waals surface area contributed by atoms with E-state index in [1.165, 1.54) is 10.4 Å². The van der Waals surface area contributed by atoms with E-state index < -0.39 is 8.32 Å². The molecule has 0 aliphatic heterocycles. The Bertz CT molecular complexity index is 607. The molecule has 0 fully saturated rings. The number of hydrogen-bond acceptors (Lipinski definition) is 2. The standard InChI is InChI=1S/C22H30O2Si/c1-19(15-17-23)16-18-24-25(22(2,3)4,20-11-7-5-8-12-20)21-13-9-6-10-14-21/h5-14,17,19H,15-16,18H2,1-4H3/t19-/m0/s1. The highest BCUT2D eigenvalue weighted by molar-refractivity contribution is 6.99. The molecule has 25 heavy (non-hydrogen) atoms. The number of carbonyl (C=O) groups is 1. The molecule has 0 N–H and O–H groups in total. The summed E-state index contributed by atoms with van der Waals surface area (Å²) in [5.41, 5.74) is 0.